The van der Waals surface area contributed by atoms with Crippen molar-refractivity contribution in [3.63, 3.8) is 0 Å². The van der Waals surface area contributed by atoms with Crippen LogP contribution in [0.3, 0.4) is 0 Å². The number of ether oxygens (including phenoxy) is 1. The minimum atomic E-state index is -1.56. The first-order valence-corrected chi connectivity index (χ1v) is 9.58. The van der Waals surface area contributed by atoms with Crippen molar-refractivity contribution >= 4 is 29.4 Å². The fourth-order valence-corrected chi connectivity index (χ4v) is 4.12. The lowest BCUT2D eigenvalue weighted by molar-refractivity contribution is -0.161. The van der Waals surface area contributed by atoms with Gasteiger partial charge in [0, 0.05) is 24.9 Å². The van der Waals surface area contributed by atoms with Gasteiger partial charge in [-0.05, 0) is 38.8 Å². The van der Waals surface area contributed by atoms with Gasteiger partial charge in [-0.15, -0.1) is 0 Å². The fourth-order valence-electron chi connectivity index (χ4n) is 4.12. The van der Waals surface area contributed by atoms with Crippen molar-refractivity contribution in [3.05, 3.63) is 29.8 Å². The molecule has 1 aliphatic carbocycles. The van der Waals surface area contributed by atoms with E-state index in [-0.39, 0.29) is 42.6 Å². The Bertz CT molecular complexity index is 863. The van der Waals surface area contributed by atoms with E-state index < -0.39 is 18.2 Å². The van der Waals surface area contributed by atoms with Gasteiger partial charge in [-0.1, -0.05) is 12.1 Å². The number of hydrogen-bond acceptors (Lipinski definition) is 5. The molecule has 0 bridgehead atoms. The highest BCUT2D eigenvalue weighted by molar-refractivity contribution is 6.15. The number of hydrogen-bond donors (Lipinski definition) is 1. The summed E-state index contributed by atoms with van der Waals surface area (Å²) in [5.41, 5.74) is -0.774. The van der Waals surface area contributed by atoms with Gasteiger partial charge >= 0.3 is 5.97 Å². The topological polar surface area (TPSA) is 96.0 Å². The Morgan fingerprint density at radius 3 is 2.64 bits per heavy atom. The van der Waals surface area contributed by atoms with Crippen molar-refractivity contribution in [1.82, 2.24) is 10.2 Å². The number of benzene rings is 1. The van der Waals surface area contributed by atoms with Crippen LogP contribution in [0.15, 0.2) is 24.3 Å². The summed E-state index contributed by atoms with van der Waals surface area (Å²) in [5, 5.41) is 2.76. The molecule has 4 rings (SSSR count). The smallest absolute Gasteiger partial charge is 0.354 e. The molecule has 0 radical (unpaired) electrons. The third-order valence-electron chi connectivity index (χ3n) is 5.42. The van der Waals surface area contributed by atoms with Crippen molar-refractivity contribution < 1.29 is 23.9 Å². The van der Waals surface area contributed by atoms with Gasteiger partial charge in [0.25, 0.3) is 11.8 Å². The molecule has 2 fully saturated rings. The molecule has 1 atom stereocenters. The Hall–Kier alpha value is -2.90. The lowest BCUT2D eigenvalue weighted by Gasteiger charge is -2.50. The summed E-state index contributed by atoms with van der Waals surface area (Å²) in [6, 6.07) is 6.57. The average Bonchev–Trinajstić information content (AvgIpc) is 3.40. The second kappa shape index (κ2) is 6.61. The first-order chi connectivity index (χ1) is 13.4. The molecule has 3 aliphatic rings. The number of carbonyl (C=O) groups excluding carboxylic acids is 4. The summed E-state index contributed by atoms with van der Waals surface area (Å²) in [6.07, 6.45) is 2.11. The first kappa shape index (κ1) is 18.5. The van der Waals surface area contributed by atoms with Gasteiger partial charge in [0.05, 0.1) is 11.3 Å². The van der Waals surface area contributed by atoms with Crippen molar-refractivity contribution in [2.75, 3.05) is 11.5 Å². The van der Waals surface area contributed by atoms with Gasteiger partial charge in [0.1, 0.15) is 0 Å². The molecule has 1 saturated heterocycles. The molecule has 148 valence electrons. The normalized spacial score (nSPS) is 23.5. The highest BCUT2D eigenvalue weighted by Crippen LogP contribution is 2.45. The molecule has 8 nitrogen and oxygen atoms in total. The van der Waals surface area contributed by atoms with Crippen molar-refractivity contribution in [1.29, 1.82) is 0 Å². The van der Waals surface area contributed by atoms with Crippen LogP contribution in [0.5, 0.6) is 0 Å². The van der Waals surface area contributed by atoms with Crippen LogP contribution in [0.2, 0.25) is 0 Å². The van der Waals surface area contributed by atoms with Gasteiger partial charge in [0.15, 0.2) is 6.61 Å². The van der Waals surface area contributed by atoms with Gasteiger partial charge in [-0.2, -0.15) is 0 Å². The van der Waals surface area contributed by atoms with E-state index in [4.69, 9.17) is 4.74 Å². The summed E-state index contributed by atoms with van der Waals surface area (Å²) in [6.45, 7) is 3.16. The maximum atomic E-state index is 13.2. The highest BCUT2D eigenvalue weighted by Gasteiger charge is 2.62. The van der Waals surface area contributed by atoms with Crippen LogP contribution in [0.1, 0.15) is 49.9 Å². The Balaban J connectivity index is 1.70. The number of amides is 3. The molecular weight excluding hydrogens is 362 g/mol. The van der Waals surface area contributed by atoms with E-state index >= 15 is 0 Å². The SMILES string of the molecule is CC(C)N1C(=O)c2ccccc2N2C(=O)CC[C@]21C(=O)OCC(=O)NC1CC1. The lowest BCUT2D eigenvalue weighted by Crippen LogP contribution is -2.70. The largest absolute Gasteiger partial charge is 0.452 e. The number of carbonyl (C=O) groups is 4. The number of anilines is 1. The molecule has 0 unspecified atom stereocenters. The van der Waals surface area contributed by atoms with E-state index in [0.717, 1.165) is 12.8 Å². The number of nitrogens with one attached hydrogen (secondary N) is 1. The Morgan fingerprint density at radius 2 is 1.96 bits per heavy atom. The number of nitrogens with zero attached hydrogens (tertiary/aromatic N) is 2. The lowest BCUT2D eigenvalue weighted by atomic mass is 9.95. The van der Waals surface area contributed by atoms with Crippen molar-refractivity contribution in [2.24, 2.45) is 0 Å². The number of para-hydroxylation sites is 1. The zero-order valence-corrected chi connectivity index (χ0v) is 15.9. The first-order valence-electron chi connectivity index (χ1n) is 9.58. The molecule has 1 aromatic carbocycles. The summed E-state index contributed by atoms with van der Waals surface area (Å²) in [5.74, 6) is -1.69. The molecule has 1 aromatic rings. The summed E-state index contributed by atoms with van der Waals surface area (Å²) >= 11 is 0. The summed E-state index contributed by atoms with van der Waals surface area (Å²) < 4.78 is 5.33. The van der Waals surface area contributed by atoms with Crippen molar-refractivity contribution in [2.45, 2.75) is 57.3 Å². The third-order valence-corrected chi connectivity index (χ3v) is 5.42. The van der Waals surface area contributed by atoms with E-state index in [1.165, 1.54) is 9.80 Å². The molecule has 1 saturated carbocycles. The zero-order chi connectivity index (χ0) is 20.1. The second-order valence-corrected chi connectivity index (χ2v) is 7.75. The molecule has 3 amide bonds. The molecular formula is C20H23N3O5. The van der Waals surface area contributed by atoms with Crippen LogP contribution in [-0.2, 0) is 19.1 Å². The number of rotatable bonds is 5. The van der Waals surface area contributed by atoms with Gasteiger partial charge in [0.2, 0.25) is 11.6 Å². The highest BCUT2D eigenvalue weighted by atomic mass is 16.5. The standard InChI is InChI=1S/C20H23N3O5/c1-12(2)22-18(26)14-5-3-4-6-15(14)23-17(25)9-10-20(22,23)19(27)28-11-16(24)21-13-7-8-13/h3-6,12-13H,7-11H2,1-2H3,(H,21,24)/t20-/m1/s1. The quantitative estimate of drug-likeness (QED) is 0.769. The number of fused-ring (bicyclic) bond motifs is 3. The van der Waals surface area contributed by atoms with Crippen LogP contribution < -0.4 is 10.2 Å². The molecule has 2 heterocycles. The van der Waals surface area contributed by atoms with Crippen LogP contribution in [-0.4, -0.2) is 52.9 Å². The maximum absolute atomic E-state index is 13.2. The predicted octanol–water partition coefficient (Wildman–Crippen LogP) is 1.20. The van der Waals surface area contributed by atoms with Gasteiger partial charge in [-0.25, -0.2) is 4.79 Å². The second-order valence-electron chi connectivity index (χ2n) is 7.75. The van der Waals surface area contributed by atoms with E-state index in [1.807, 2.05) is 0 Å². The van der Waals surface area contributed by atoms with Crippen LogP contribution in [0, 0.1) is 0 Å². The Morgan fingerprint density at radius 1 is 1.25 bits per heavy atom. The molecule has 8 heteroatoms. The number of esters is 1. The predicted molar refractivity (Wildman–Crippen MR) is 99.3 cm³/mol. The van der Waals surface area contributed by atoms with Crippen LogP contribution in [0.4, 0.5) is 5.69 Å². The summed E-state index contributed by atoms with van der Waals surface area (Å²) in [4.78, 5) is 54.0. The minimum Gasteiger partial charge on any atom is -0.452 e. The zero-order valence-electron chi connectivity index (χ0n) is 15.9. The average molecular weight is 385 g/mol. The Kier molecular flexibility index (Phi) is 4.36. The molecule has 0 aromatic heterocycles. The van der Waals surface area contributed by atoms with E-state index in [9.17, 15) is 19.2 Å². The van der Waals surface area contributed by atoms with E-state index in [2.05, 4.69) is 5.32 Å². The molecule has 0 spiro atoms. The minimum absolute atomic E-state index is 0.119. The molecule has 2 aliphatic heterocycles. The fraction of sp³-hybridized carbons (Fsp3) is 0.500. The Labute approximate surface area is 162 Å². The third kappa shape index (κ3) is 2.75. The molecule has 28 heavy (non-hydrogen) atoms. The maximum Gasteiger partial charge on any atom is 0.354 e. The molecule has 1 N–H and O–H groups in total. The van der Waals surface area contributed by atoms with E-state index in [0.29, 0.717) is 11.3 Å². The van der Waals surface area contributed by atoms with E-state index in [1.54, 1.807) is 38.1 Å². The monoisotopic (exact) mass is 385 g/mol. The summed E-state index contributed by atoms with van der Waals surface area (Å²) in [7, 11) is 0. The van der Waals surface area contributed by atoms with Crippen LogP contribution >= 0.6 is 0 Å². The van der Waals surface area contributed by atoms with Crippen molar-refractivity contribution in [3.8, 4) is 0 Å². The van der Waals surface area contributed by atoms with Gasteiger partial charge < -0.3 is 15.0 Å². The van der Waals surface area contributed by atoms with Crippen LogP contribution in [0.25, 0.3) is 0 Å². The van der Waals surface area contributed by atoms with Gasteiger partial charge in [-0.3, -0.25) is 19.3 Å².